The Labute approximate surface area is 151 Å². The lowest BCUT2D eigenvalue weighted by Crippen LogP contribution is -2.30. The van der Waals surface area contributed by atoms with Crippen molar-refractivity contribution >= 4 is 33.0 Å². The van der Waals surface area contributed by atoms with Crippen molar-refractivity contribution in [1.29, 1.82) is 0 Å². The van der Waals surface area contributed by atoms with E-state index in [1.54, 1.807) is 18.2 Å². The average molecular weight is 388 g/mol. The maximum atomic E-state index is 13.0. The number of halogens is 1. The zero-order valence-electron chi connectivity index (χ0n) is 13.4. The quantitative estimate of drug-likeness (QED) is 0.646. The third kappa shape index (κ3) is 4.10. The van der Waals surface area contributed by atoms with Crippen LogP contribution >= 0.6 is 22.9 Å². The summed E-state index contributed by atoms with van der Waals surface area (Å²) in [6.45, 7) is 4.05. The molecule has 0 atom stereocenters. The van der Waals surface area contributed by atoms with Crippen LogP contribution in [0.2, 0.25) is 4.34 Å². The molecule has 0 aliphatic rings. The molecule has 5 nitrogen and oxygen atoms in total. The van der Waals surface area contributed by atoms with Crippen molar-refractivity contribution in [2.75, 3.05) is 20.8 Å². The van der Waals surface area contributed by atoms with Gasteiger partial charge in [0.15, 0.2) is 11.5 Å². The minimum Gasteiger partial charge on any atom is -0.493 e. The van der Waals surface area contributed by atoms with Gasteiger partial charge in [0.2, 0.25) is 10.0 Å². The SMILES string of the molecule is C=CCN(Cc1ccc(Cl)s1)S(=O)(=O)c1ccc(OC)c(OC)c1. The zero-order chi connectivity index (χ0) is 17.7. The highest BCUT2D eigenvalue weighted by atomic mass is 35.5. The summed E-state index contributed by atoms with van der Waals surface area (Å²) in [6, 6.07) is 8.07. The van der Waals surface area contributed by atoms with Crippen molar-refractivity contribution in [2.24, 2.45) is 0 Å². The number of hydrogen-bond donors (Lipinski definition) is 0. The zero-order valence-corrected chi connectivity index (χ0v) is 15.7. The van der Waals surface area contributed by atoms with E-state index in [0.717, 1.165) is 4.88 Å². The first-order chi connectivity index (χ1) is 11.4. The van der Waals surface area contributed by atoms with Gasteiger partial charge < -0.3 is 9.47 Å². The molecule has 1 aromatic carbocycles. The van der Waals surface area contributed by atoms with Crippen LogP contribution in [-0.2, 0) is 16.6 Å². The van der Waals surface area contributed by atoms with E-state index in [2.05, 4.69) is 6.58 Å². The van der Waals surface area contributed by atoms with Gasteiger partial charge in [0, 0.05) is 24.0 Å². The molecule has 24 heavy (non-hydrogen) atoms. The monoisotopic (exact) mass is 387 g/mol. The summed E-state index contributed by atoms with van der Waals surface area (Å²) in [4.78, 5) is 0.982. The molecule has 8 heteroatoms. The first-order valence-corrected chi connectivity index (χ1v) is 9.63. The minimum absolute atomic E-state index is 0.129. The van der Waals surface area contributed by atoms with Gasteiger partial charge >= 0.3 is 0 Å². The Hall–Kier alpha value is -1.54. The largest absolute Gasteiger partial charge is 0.493 e. The van der Waals surface area contributed by atoms with E-state index in [4.69, 9.17) is 21.1 Å². The fraction of sp³-hybridized carbons (Fsp3) is 0.250. The molecule has 0 aliphatic heterocycles. The van der Waals surface area contributed by atoms with E-state index in [1.807, 2.05) is 6.07 Å². The summed E-state index contributed by atoms with van der Waals surface area (Å²) in [5.41, 5.74) is 0. The second-order valence-electron chi connectivity index (χ2n) is 4.81. The summed E-state index contributed by atoms with van der Waals surface area (Å²) in [7, 11) is -0.761. The highest BCUT2D eigenvalue weighted by Crippen LogP contribution is 2.31. The molecule has 2 aromatic rings. The van der Waals surface area contributed by atoms with Crippen molar-refractivity contribution in [3.05, 3.63) is 52.2 Å². The molecule has 0 spiro atoms. The summed E-state index contributed by atoms with van der Waals surface area (Å²) in [6.07, 6.45) is 1.55. The van der Waals surface area contributed by atoms with Crippen molar-refractivity contribution in [2.45, 2.75) is 11.4 Å². The molecule has 2 rings (SSSR count). The molecule has 0 saturated carbocycles. The van der Waals surface area contributed by atoms with Crippen LogP contribution in [0.4, 0.5) is 0 Å². The fourth-order valence-corrected chi connectivity index (χ4v) is 4.72. The second-order valence-corrected chi connectivity index (χ2v) is 8.55. The first-order valence-electron chi connectivity index (χ1n) is 6.99. The van der Waals surface area contributed by atoms with Gasteiger partial charge in [-0.25, -0.2) is 8.42 Å². The number of benzene rings is 1. The molecular formula is C16H18ClNO4S2. The lowest BCUT2D eigenvalue weighted by atomic mass is 10.3. The molecule has 0 unspecified atom stereocenters. The maximum absolute atomic E-state index is 13.0. The second kappa shape index (κ2) is 8.02. The van der Waals surface area contributed by atoms with Crippen molar-refractivity contribution < 1.29 is 17.9 Å². The predicted molar refractivity (Wildman–Crippen MR) is 96.7 cm³/mol. The maximum Gasteiger partial charge on any atom is 0.243 e. The molecular weight excluding hydrogens is 370 g/mol. The molecule has 130 valence electrons. The number of hydrogen-bond acceptors (Lipinski definition) is 5. The third-order valence-electron chi connectivity index (χ3n) is 3.29. The highest BCUT2D eigenvalue weighted by molar-refractivity contribution is 7.89. The number of rotatable bonds is 8. The molecule has 0 bridgehead atoms. The Morgan fingerprint density at radius 1 is 1.21 bits per heavy atom. The molecule has 1 aromatic heterocycles. The lowest BCUT2D eigenvalue weighted by Gasteiger charge is -2.20. The molecule has 0 radical (unpaired) electrons. The summed E-state index contributed by atoms with van der Waals surface area (Å²) < 4.78 is 38.2. The minimum atomic E-state index is -3.72. The van der Waals surface area contributed by atoms with E-state index >= 15 is 0 Å². The van der Waals surface area contributed by atoms with Crippen LogP contribution in [0.1, 0.15) is 4.88 Å². The van der Waals surface area contributed by atoms with Crippen LogP contribution in [0.25, 0.3) is 0 Å². The highest BCUT2D eigenvalue weighted by Gasteiger charge is 2.25. The Morgan fingerprint density at radius 3 is 2.46 bits per heavy atom. The van der Waals surface area contributed by atoms with E-state index < -0.39 is 10.0 Å². The summed E-state index contributed by atoms with van der Waals surface area (Å²) in [5.74, 6) is 0.827. The van der Waals surface area contributed by atoms with Crippen molar-refractivity contribution in [3.63, 3.8) is 0 Å². The number of nitrogens with zero attached hydrogens (tertiary/aromatic N) is 1. The summed E-state index contributed by atoms with van der Waals surface area (Å²) in [5, 5.41) is 0. The number of thiophene rings is 1. The number of sulfonamides is 1. The van der Waals surface area contributed by atoms with E-state index in [1.165, 1.54) is 42.0 Å². The van der Waals surface area contributed by atoms with Crippen molar-refractivity contribution in [1.82, 2.24) is 4.31 Å². The molecule has 0 aliphatic carbocycles. The summed E-state index contributed by atoms with van der Waals surface area (Å²) >= 11 is 7.27. The first kappa shape index (κ1) is 18.8. The van der Waals surface area contributed by atoms with Gasteiger partial charge in [-0.2, -0.15) is 4.31 Å². The van der Waals surface area contributed by atoms with Gasteiger partial charge in [0.25, 0.3) is 0 Å². The Balaban J connectivity index is 2.38. The Bertz CT molecular complexity index is 817. The van der Waals surface area contributed by atoms with E-state index in [-0.39, 0.29) is 18.0 Å². The lowest BCUT2D eigenvalue weighted by molar-refractivity contribution is 0.353. The van der Waals surface area contributed by atoms with Crippen LogP contribution in [0, 0.1) is 0 Å². The fourth-order valence-electron chi connectivity index (χ4n) is 2.13. The number of ether oxygens (including phenoxy) is 2. The topological polar surface area (TPSA) is 55.8 Å². The van der Waals surface area contributed by atoms with Crippen LogP contribution < -0.4 is 9.47 Å². The van der Waals surface area contributed by atoms with Gasteiger partial charge in [-0.15, -0.1) is 17.9 Å². The standard InChI is InChI=1S/C16H18ClNO4S2/c1-4-9-18(11-12-5-8-16(17)23-12)24(19,20)13-6-7-14(21-2)15(10-13)22-3/h4-8,10H,1,9,11H2,2-3H3. The van der Waals surface area contributed by atoms with Crippen LogP contribution in [0.5, 0.6) is 11.5 Å². The van der Waals surface area contributed by atoms with Crippen LogP contribution in [0.3, 0.4) is 0 Å². The Kier molecular flexibility index (Phi) is 6.28. The number of methoxy groups -OCH3 is 2. The van der Waals surface area contributed by atoms with E-state index in [9.17, 15) is 8.42 Å². The normalized spacial score (nSPS) is 11.5. The van der Waals surface area contributed by atoms with Gasteiger partial charge in [-0.1, -0.05) is 17.7 Å². The third-order valence-corrected chi connectivity index (χ3v) is 6.31. The van der Waals surface area contributed by atoms with Crippen molar-refractivity contribution in [3.8, 4) is 11.5 Å². The van der Waals surface area contributed by atoms with Crippen LogP contribution in [-0.4, -0.2) is 33.5 Å². The van der Waals surface area contributed by atoms with Gasteiger partial charge in [0.1, 0.15) is 0 Å². The molecule has 0 saturated heterocycles. The molecule has 0 N–H and O–H groups in total. The molecule has 0 amide bonds. The van der Waals surface area contributed by atoms with Gasteiger partial charge in [0.05, 0.1) is 23.5 Å². The Morgan fingerprint density at radius 2 is 1.92 bits per heavy atom. The predicted octanol–water partition coefficient (Wildman–Crippen LogP) is 3.80. The smallest absolute Gasteiger partial charge is 0.243 e. The molecule has 0 fully saturated rings. The molecule has 1 heterocycles. The van der Waals surface area contributed by atoms with E-state index in [0.29, 0.717) is 15.8 Å². The van der Waals surface area contributed by atoms with Crippen LogP contribution in [0.15, 0.2) is 47.9 Å². The van der Waals surface area contributed by atoms with Gasteiger partial charge in [-0.3, -0.25) is 0 Å². The average Bonchev–Trinajstić information content (AvgIpc) is 2.98. The van der Waals surface area contributed by atoms with Gasteiger partial charge in [-0.05, 0) is 24.3 Å².